The second-order valence-electron chi connectivity index (χ2n) is 9.38. The van der Waals surface area contributed by atoms with Crippen LogP contribution in [0, 0.1) is 5.95 Å². The summed E-state index contributed by atoms with van der Waals surface area (Å²) in [6.45, 7) is 4.47. The van der Waals surface area contributed by atoms with Gasteiger partial charge in [-0.3, -0.25) is 9.69 Å². The molecule has 1 aromatic heterocycles. The summed E-state index contributed by atoms with van der Waals surface area (Å²) in [6, 6.07) is 12.8. The van der Waals surface area contributed by atoms with Gasteiger partial charge in [0.05, 0.1) is 0 Å². The highest BCUT2D eigenvalue weighted by Crippen LogP contribution is 2.31. The van der Waals surface area contributed by atoms with Gasteiger partial charge in [0.2, 0.25) is 12.4 Å². The van der Waals surface area contributed by atoms with Crippen LogP contribution >= 0.6 is 0 Å². The number of hydrogen-bond acceptors (Lipinski definition) is 6. The zero-order chi connectivity index (χ0) is 25.9. The van der Waals surface area contributed by atoms with Gasteiger partial charge in [0.15, 0.2) is 5.82 Å². The van der Waals surface area contributed by atoms with Gasteiger partial charge < -0.3 is 16.0 Å². The van der Waals surface area contributed by atoms with Crippen LogP contribution in [0.5, 0.6) is 0 Å². The predicted molar refractivity (Wildman–Crippen MR) is 137 cm³/mol. The number of aromatic nitrogens is 2. The molecule has 3 aromatic rings. The van der Waals surface area contributed by atoms with Crippen molar-refractivity contribution in [1.82, 2.24) is 20.2 Å². The van der Waals surface area contributed by atoms with E-state index in [1.807, 2.05) is 30.3 Å². The van der Waals surface area contributed by atoms with E-state index in [0.717, 1.165) is 37.4 Å². The van der Waals surface area contributed by atoms with Crippen molar-refractivity contribution in [2.24, 2.45) is 0 Å². The third-order valence-electron chi connectivity index (χ3n) is 6.96. The molecular formula is C27H29F3N6O. The lowest BCUT2D eigenvalue weighted by molar-refractivity contribution is 0.0946. The molecule has 1 amide bonds. The Hall–Kier alpha value is -3.66. The van der Waals surface area contributed by atoms with Crippen molar-refractivity contribution < 1.29 is 18.0 Å². The Balaban J connectivity index is 1.31. The van der Waals surface area contributed by atoms with Crippen LogP contribution in [0.3, 0.4) is 0 Å². The van der Waals surface area contributed by atoms with E-state index < -0.39 is 12.4 Å². The molecule has 1 fully saturated rings. The molecule has 0 unspecified atom stereocenters. The van der Waals surface area contributed by atoms with E-state index in [-0.39, 0.29) is 23.8 Å². The van der Waals surface area contributed by atoms with Gasteiger partial charge in [-0.25, -0.2) is 13.8 Å². The molecule has 5 rings (SSSR count). The molecule has 7 nitrogen and oxygen atoms in total. The smallest absolute Gasteiger partial charge is 0.251 e. The minimum Gasteiger partial charge on any atom is -0.382 e. The predicted octanol–water partition coefficient (Wildman–Crippen LogP) is 3.99. The van der Waals surface area contributed by atoms with Crippen LogP contribution in [-0.4, -0.2) is 66.5 Å². The highest BCUT2D eigenvalue weighted by atomic mass is 19.3. The summed E-state index contributed by atoms with van der Waals surface area (Å²) in [7, 11) is 0. The fraction of sp³-hybridized carbons (Fsp3) is 0.370. The molecule has 0 saturated carbocycles. The van der Waals surface area contributed by atoms with Crippen molar-refractivity contribution >= 4 is 17.4 Å². The van der Waals surface area contributed by atoms with Gasteiger partial charge in [-0.2, -0.15) is 9.37 Å². The number of nitrogens with two attached hydrogens (primary N) is 1. The van der Waals surface area contributed by atoms with E-state index >= 15 is 0 Å². The molecule has 37 heavy (non-hydrogen) atoms. The highest BCUT2D eigenvalue weighted by Gasteiger charge is 2.21. The summed E-state index contributed by atoms with van der Waals surface area (Å²) in [5, 5.41) is 2.82. The third kappa shape index (κ3) is 5.53. The average molecular weight is 511 g/mol. The number of anilines is 2. The normalized spacial score (nSPS) is 16.1. The van der Waals surface area contributed by atoms with Gasteiger partial charge in [-0.05, 0) is 49.2 Å². The lowest BCUT2D eigenvalue weighted by atomic mass is 9.96. The monoisotopic (exact) mass is 510 g/mol. The average Bonchev–Trinajstić information content (AvgIpc) is 2.89. The highest BCUT2D eigenvalue weighted by molar-refractivity contribution is 5.97. The van der Waals surface area contributed by atoms with Crippen molar-refractivity contribution in [3.63, 3.8) is 0 Å². The first-order chi connectivity index (χ1) is 17.9. The molecule has 2 aliphatic heterocycles. The molecule has 10 heteroatoms. The second-order valence-corrected chi connectivity index (χ2v) is 9.38. The largest absolute Gasteiger partial charge is 0.382 e. The maximum Gasteiger partial charge on any atom is 0.251 e. The van der Waals surface area contributed by atoms with Crippen LogP contribution < -0.4 is 16.0 Å². The molecule has 0 aliphatic carbocycles. The summed E-state index contributed by atoms with van der Waals surface area (Å²) in [4.78, 5) is 25.0. The van der Waals surface area contributed by atoms with Crippen LogP contribution in [0.1, 0.15) is 28.8 Å². The van der Waals surface area contributed by atoms with Crippen molar-refractivity contribution in [2.75, 3.05) is 49.9 Å². The maximum absolute atomic E-state index is 14.8. The molecule has 0 radical (unpaired) electrons. The molecular weight excluding hydrogens is 481 g/mol. The Morgan fingerprint density at radius 1 is 0.973 bits per heavy atom. The topological polar surface area (TPSA) is 87.4 Å². The summed E-state index contributed by atoms with van der Waals surface area (Å²) in [5.74, 6) is -0.867. The van der Waals surface area contributed by atoms with E-state index in [2.05, 4.69) is 25.1 Å². The zero-order valence-corrected chi connectivity index (χ0v) is 20.4. The Morgan fingerprint density at radius 2 is 1.70 bits per heavy atom. The van der Waals surface area contributed by atoms with Gasteiger partial charge >= 0.3 is 0 Å². The van der Waals surface area contributed by atoms with E-state index in [4.69, 9.17) is 5.73 Å². The number of benzene rings is 2. The third-order valence-corrected chi connectivity index (χ3v) is 6.96. The number of nitrogens with zero attached hydrogens (tertiary/aromatic N) is 4. The number of halogens is 3. The molecule has 1 saturated heterocycles. The van der Waals surface area contributed by atoms with Crippen LogP contribution in [0.15, 0.2) is 42.5 Å². The first-order valence-corrected chi connectivity index (χ1v) is 12.5. The van der Waals surface area contributed by atoms with E-state index in [1.54, 1.807) is 12.1 Å². The summed E-state index contributed by atoms with van der Waals surface area (Å²) in [6.07, 6.45) is -1.10. The van der Waals surface area contributed by atoms with Crippen LogP contribution in [-0.2, 0) is 6.42 Å². The Labute approximate surface area is 213 Å². The lowest BCUT2D eigenvalue weighted by Gasteiger charge is -2.36. The van der Waals surface area contributed by atoms with Gasteiger partial charge in [-0.15, -0.1) is 0 Å². The number of rotatable bonds is 7. The number of fused-ring (bicyclic) bond motifs is 1. The molecule has 2 aliphatic rings. The van der Waals surface area contributed by atoms with Crippen molar-refractivity contribution in [3.05, 3.63) is 59.5 Å². The van der Waals surface area contributed by atoms with Gasteiger partial charge in [-0.1, -0.05) is 18.2 Å². The zero-order valence-electron chi connectivity index (χ0n) is 20.4. The molecule has 2 aromatic carbocycles. The lowest BCUT2D eigenvalue weighted by Crippen LogP contribution is -2.46. The minimum absolute atomic E-state index is 0.00972. The van der Waals surface area contributed by atoms with Gasteiger partial charge in [0.25, 0.3) is 5.91 Å². The van der Waals surface area contributed by atoms with Crippen molar-refractivity contribution in [1.29, 1.82) is 0 Å². The first kappa shape index (κ1) is 25.0. The Morgan fingerprint density at radius 3 is 2.43 bits per heavy atom. The number of carbonyl (C=O) groups excluding carboxylic acids is 1. The Bertz CT molecular complexity index is 1280. The standard InChI is InChI=1S/C27H29F3N6O/c28-22(29)2-1-11-35-12-14-36(15-13-35)20-6-3-17(4-7-20)23-25(30)34-26(31)24(33-23)19-5-8-21-18(16-19)9-10-32-27(21)37/h3-8,16,22H,1-2,9-15H2,(H2,31,34)(H,32,37). The number of amides is 1. The molecule has 3 N–H and O–H groups in total. The molecule has 3 heterocycles. The number of nitrogens with one attached hydrogen (secondary N) is 1. The molecule has 0 bridgehead atoms. The number of carbonyl (C=O) groups is 1. The van der Waals surface area contributed by atoms with Crippen LogP contribution in [0.4, 0.5) is 24.7 Å². The number of nitrogen functional groups attached to an aromatic ring is 1. The summed E-state index contributed by atoms with van der Waals surface area (Å²) >= 11 is 0. The molecule has 0 atom stereocenters. The summed E-state index contributed by atoms with van der Waals surface area (Å²) in [5.41, 5.74) is 10.3. The van der Waals surface area contributed by atoms with Gasteiger partial charge in [0.1, 0.15) is 11.4 Å². The quantitative estimate of drug-likeness (QED) is 0.500. The maximum atomic E-state index is 14.8. The molecule has 194 valence electrons. The fourth-order valence-corrected chi connectivity index (χ4v) is 4.93. The van der Waals surface area contributed by atoms with Crippen molar-refractivity contribution in [3.8, 4) is 22.5 Å². The van der Waals surface area contributed by atoms with Crippen molar-refractivity contribution in [2.45, 2.75) is 25.7 Å². The van der Waals surface area contributed by atoms with E-state index in [9.17, 15) is 18.0 Å². The second kappa shape index (κ2) is 10.8. The SMILES string of the molecule is Nc1nc(F)c(-c2ccc(N3CCN(CCCC(F)F)CC3)cc2)nc1-c1ccc2c(c1)CCNC2=O. The number of piperazine rings is 1. The Kier molecular flexibility index (Phi) is 7.27. The minimum atomic E-state index is -2.24. The number of alkyl halides is 2. The van der Waals surface area contributed by atoms with E-state index in [1.165, 1.54) is 0 Å². The number of hydrogen-bond donors (Lipinski definition) is 2. The van der Waals surface area contributed by atoms with Crippen LogP contribution in [0.25, 0.3) is 22.5 Å². The van der Waals surface area contributed by atoms with E-state index in [0.29, 0.717) is 48.3 Å². The summed E-state index contributed by atoms with van der Waals surface area (Å²) < 4.78 is 39.6. The van der Waals surface area contributed by atoms with Gasteiger partial charge in [0, 0.05) is 61.5 Å². The first-order valence-electron chi connectivity index (χ1n) is 12.5. The van der Waals surface area contributed by atoms with Crippen LogP contribution in [0.2, 0.25) is 0 Å². The fourth-order valence-electron chi connectivity index (χ4n) is 4.93. The molecule has 0 spiro atoms.